The number of hydrogen-bond acceptors (Lipinski definition) is 6. The van der Waals surface area contributed by atoms with Crippen LogP contribution in [0.3, 0.4) is 0 Å². The minimum Gasteiger partial charge on any atom is -0.493 e. The quantitative estimate of drug-likeness (QED) is 0.609. The maximum Gasteiger partial charge on any atom is 0.410 e. The molecule has 1 aromatic carbocycles. The first-order chi connectivity index (χ1) is 11.7. The molecule has 0 aliphatic carbocycles. The van der Waals surface area contributed by atoms with Crippen LogP contribution in [0.1, 0.15) is 33.6 Å². The Morgan fingerprint density at radius 1 is 1.32 bits per heavy atom. The van der Waals surface area contributed by atoms with Gasteiger partial charge < -0.3 is 19.1 Å². The molecule has 0 saturated carbocycles. The van der Waals surface area contributed by atoms with Gasteiger partial charge >= 0.3 is 6.09 Å². The van der Waals surface area contributed by atoms with Crippen LogP contribution in [-0.4, -0.2) is 47.8 Å². The lowest BCUT2D eigenvalue weighted by Gasteiger charge is -2.34. The standard InChI is InChI=1S/C17H24N2O6/c1-17(2,3)25-16(20)18-9-5-6-13(11-18)24-14-8-7-12(19(21)22)10-15(14)23-4/h7-8,10,13H,5-6,9,11H2,1-4H3/t13-/m1/s1. The highest BCUT2D eigenvalue weighted by Gasteiger charge is 2.29. The van der Waals surface area contributed by atoms with Crippen molar-refractivity contribution in [1.82, 2.24) is 4.90 Å². The fraction of sp³-hybridized carbons (Fsp3) is 0.588. The number of ether oxygens (including phenoxy) is 3. The fourth-order valence-electron chi connectivity index (χ4n) is 2.57. The number of nitrogens with zero attached hydrogens (tertiary/aromatic N) is 2. The van der Waals surface area contributed by atoms with Gasteiger partial charge in [-0.25, -0.2) is 4.79 Å². The number of non-ortho nitro benzene ring substituents is 1. The van der Waals surface area contributed by atoms with Crippen molar-refractivity contribution in [2.24, 2.45) is 0 Å². The molecular weight excluding hydrogens is 328 g/mol. The summed E-state index contributed by atoms with van der Waals surface area (Å²) in [6.07, 6.45) is 0.978. The summed E-state index contributed by atoms with van der Waals surface area (Å²) in [4.78, 5) is 24.2. The van der Waals surface area contributed by atoms with Crippen LogP contribution >= 0.6 is 0 Å². The lowest BCUT2D eigenvalue weighted by molar-refractivity contribution is -0.385. The number of piperidine rings is 1. The molecule has 1 aromatic rings. The fourth-order valence-corrected chi connectivity index (χ4v) is 2.57. The van der Waals surface area contributed by atoms with Crippen molar-refractivity contribution < 1.29 is 23.9 Å². The first kappa shape index (κ1) is 18.8. The molecule has 0 radical (unpaired) electrons. The van der Waals surface area contributed by atoms with Gasteiger partial charge in [0.15, 0.2) is 11.5 Å². The molecule has 1 heterocycles. The van der Waals surface area contributed by atoms with E-state index in [0.29, 0.717) is 24.6 Å². The lowest BCUT2D eigenvalue weighted by Crippen LogP contribution is -2.46. The third-order valence-corrected chi connectivity index (χ3v) is 3.68. The molecule has 1 atom stereocenters. The summed E-state index contributed by atoms with van der Waals surface area (Å²) in [5.74, 6) is 0.715. The molecule has 0 aromatic heterocycles. The highest BCUT2D eigenvalue weighted by Crippen LogP contribution is 2.33. The van der Waals surface area contributed by atoms with Gasteiger partial charge in [-0.05, 0) is 39.7 Å². The second kappa shape index (κ2) is 7.58. The average molecular weight is 352 g/mol. The van der Waals surface area contributed by atoms with E-state index in [4.69, 9.17) is 14.2 Å². The van der Waals surface area contributed by atoms with Crippen LogP contribution in [-0.2, 0) is 4.74 Å². The van der Waals surface area contributed by atoms with E-state index in [9.17, 15) is 14.9 Å². The van der Waals surface area contributed by atoms with Gasteiger partial charge in [-0.2, -0.15) is 0 Å². The molecule has 25 heavy (non-hydrogen) atoms. The van der Waals surface area contributed by atoms with Crippen LogP contribution < -0.4 is 9.47 Å². The first-order valence-electron chi connectivity index (χ1n) is 8.16. The minimum absolute atomic E-state index is 0.0665. The van der Waals surface area contributed by atoms with Gasteiger partial charge in [-0.15, -0.1) is 0 Å². The number of carbonyl (C=O) groups is 1. The van der Waals surface area contributed by atoms with Crippen molar-refractivity contribution in [3.05, 3.63) is 28.3 Å². The summed E-state index contributed by atoms with van der Waals surface area (Å²) in [6, 6.07) is 4.21. The van der Waals surface area contributed by atoms with E-state index in [1.165, 1.54) is 25.3 Å². The number of carbonyl (C=O) groups excluding carboxylic acids is 1. The molecule has 2 rings (SSSR count). The van der Waals surface area contributed by atoms with Gasteiger partial charge in [-0.1, -0.05) is 0 Å². The summed E-state index contributed by atoms with van der Waals surface area (Å²) in [5, 5.41) is 10.9. The zero-order valence-corrected chi connectivity index (χ0v) is 15.0. The Balaban J connectivity index is 2.05. The zero-order valence-electron chi connectivity index (χ0n) is 15.0. The van der Waals surface area contributed by atoms with Gasteiger partial charge in [0.1, 0.15) is 11.7 Å². The predicted octanol–water partition coefficient (Wildman–Crippen LogP) is 3.38. The number of amides is 1. The number of likely N-dealkylation sites (tertiary alicyclic amines) is 1. The van der Waals surface area contributed by atoms with E-state index < -0.39 is 10.5 Å². The van der Waals surface area contributed by atoms with Crippen molar-refractivity contribution in [1.29, 1.82) is 0 Å². The topological polar surface area (TPSA) is 91.1 Å². The number of nitro groups is 1. The molecule has 0 spiro atoms. The highest BCUT2D eigenvalue weighted by molar-refractivity contribution is 5.68. The Kier molecular flexibility index (Phi) is 5.71. The van der Waals surface area contributed by atoms with E-state index in [1.807, 2.05) is 20.8 Å². The van der Waals surface area contributed by atoms with E-state index in [-0.39, 0.29) is 17.9 Å². The third kappa shape index (κ3) is 5.23. The summed E-state index contributed by atoms with van der Waals surface area (Å²) >= 11 is 0. The van der Waals surface area contributed by atoms with Crippen molar-refractivity contribution in [3.63, 3.8) is 0 Å². The lowest BCUT2D eigenvalue weighted by atomic mass is 10.1. The number of hydrogen-bond donors (Lipinski definition) is 0. The zero-order chi connectivity index (χ0) is 18.6. The Morgan fingerprint density at radius 2 is 2.04 bits per heavy atom. The van der Waals surface area contributed by atoms with E-state index in [2.05, 4.69) is 0 Å². The van der Waals surface area contributed by atoms with Crippen LogP contribution in [0.5, 0.6) is 11.5 Å². The minimum atomic E-state index is -0.549. The van der Waals surface area contributed by atoms with Gasteiger partial charge in [0.25, 0.3) is 5.69 Å². The molecule has 0 unspecified atom stereocenters. The Hall–Kier alpha value is -2.51. The van der Waals surface area contributed by atoms with Gasteiger partial charge in [0.05, 0.1) is 24.6 Å². The third-order valence-electron chi connectivity index (χ3n) is 3.68. The summed E-state index contributed by atoms with van der Waals surface area (Å²) < 4.78 is 16.5. The van der Waals surface area contributed by atoms with Crippen LogP contribution in [0, 0.1) is 10.1 Å². The predicted molar refractivity (Wildman–Crippen MR) is 91.1 cm³/mol. The van der Waals surface area contributed by atoms with E-state index in [0.717, 1.165) is 12.8 Å². The number of nitro benzene ring substituents is 1. The summed E-state index contributed by atoms with van der Waals surface area (Å²) in [5.41, 5.74) is -0.616. The molecule has 1 fully saturated rings. The van der Waals surface area contributed by atoms with Crippen molar-refractivity contribution in [2.75, 3.05) is 20.2 Å². The molecule has 8 heteroatoms. The Labute approximate surface area is 146 Å². The Bertz CT molecular complexity index is 641. The van der Waals surface area contributed by atoms with Crippen molar-refractivity contribution >= 4 is 11.8 Å². The van der Waals surface area contributed by atoms with Crippen LogP contribution in [0.15, 0.2) is 18.2 Å². The SMILES string of the molecule is COc1cc([N+](=O)[O-])ccc1O[C@@H]1CCCN(C(=O)OC(C)(C)C)C1. The largest absolute Gasteiger partial charge is 0.493 e. The smallest absolute Gasteiger partial charge is 0.410 e. The molecule has 0 bridgehead atoms. The monoisotopic (exact) mass is 352 g/mol. The van der Waals surface area contributed by atoms with Gasteiger partial charge in [0, 0.05) is 12.6 Å². The number of methoxy groups -OCH3 is 1. The Morgan fingerprint density at radius 3 is 2.64 bits per heavy atom. The van der Waals surface area contributed by atoms with Gasteiger partial charge in [-0.3, -0.25) is 10.1 Å². The van der Waals surface area contributed by atoms with Crippen molar-refractivity contribution in [3.8, 4) is 11.5 Å². The normalized spacial score (nSPS) is 17.8. The van der Waals surface area contributed by atoms with E-state index >= 15 is 0 Å². The highest BCUT2D eigenvalue weighted by atomic mass is 16.6. The molecule has 138 valence electrons. The molecule has 1 amide bonds. The number of benzene rings is 1. The molecule has 8 nitrogen and oxygen atoms in total. The molecule has 1 saturated heterocycles. The van der Waals surface area contributed by atoms with Crippen LogP contribution in [0.25, 0.3) is 0 Å². The molecule has 1 aliphatic rings. The van der Waals surface area contributed by atoms with Gasteiger partial charge in [0.2, 0.25) is 0 Å². The number of rotatable bonds is 4. The molecule has 0 N–H and O–H groups in total. The summed E-state index contributed by atoms with van der Waals surface area (Å²) in [6.45, 7) is 6.49. The summed E-state index contributed by atoms with van der Waals surface area (Å²) in [7, 11) is 1.43. The van der Waals surface area contributed by atoms with Crippen LogP contribution in [0.4, 0.5) is 10.5 Å². The van der Waals surface area contributed by atoms with Crippen molar-refractivity contribution in [2.45, 2.75) is 45.3 Å². The second-order valence-electron chi connectivity index (χ2n) is 6.90. The maximum absolute atomic E-state index is 12.2. The average Bonchev–Trinajstić information content (AvgIpc) is 2.53. The molecular formula is C17H24N2O6. The first-order valence-corrected chi connectivity index (χ1v) is 8.16. The maximum atomic E-state index is 12.2. The molecule has 1 aliphatic heterocycles. The van der Waals surface area contributed by atoms with E-state index in [1.54, 1.807) is 4.90 Å². The van der Waals surface area contributed by atoms with Crippen LogP contribution in [0.2, 0.25) is 0 Å². The second-order valence-corrected chi connectivity index (χ2v) is 6.90.